The van der Waals surface area contributed by atoms with Crippen LogP contribution in [0.25, 0.3) is 10.4 Å². The van der Waals surface area contributed by atoms with Crippen molar-refractivity contribution in [1.29, 1.82) is 0 Å². The molecule has 0 aliphatic heterocycles. The number of azide groups is 1. The standard InChI is InChI=1S/C26H34N4O10S/c1-20-6-8-23(9-7-20)41(33,34)40-15-13-37-11-10-36-12-14-39-22-5-3-4-21(16-22)18-38-19-24(26(32)35-2)29-25(31)17-28-30-27/h3-9,16,24H,10-15,17-19H2,1-2H3,(H,29,31)/t24-/m0/s1. The molecule has 15 heteroatoms. The van der Waals surface area contributed by atoms with Crippen LogP contribution in [0, 0.1) is 6.92 Å². The first-order valence-electron chi connectivity index (χ1n) is 12.5. The average Bonchev–Trinajstić information content (AvgIpc) is 2.96. The fourth-order valence-corrected chi connectivity index (χ4v) is 4.08. The lowest BCUT2D eigenvalue weighted by Gasteiger charge is -2.16. The minimum Gasteiger partial charge on any atom is -0.491 e. The number of hydrogen-bond acceptors (Lipinski definition) is 11. The first-order chi connectivity index (χ1) is 19.7. The van der Waals surface area contributed by atoms with Gasteiger partial charge in [-0.1, -0.05) is 34.9 Å². The quantitative estimate of drug-likeness (QED) is 0.0596. The highest BCUT2D eigenvalue weighted by Gasteiger charge is 2.21. The molecule has 1 N–H and O–H groups in total. The molecular formula is C26H34N4O10S. The predicted molar refractivity (Wildman–Crippen MR) is 146 cm³/mol. The number of carbonyl (C=O) groups excluding carboxylic acids is 2. The second-order valence-electron chi connectivity index (χ2n) is 8.36. The maximum absolute atomic E-state index is 12.1. The van der Waals surface area contributed by atoms with Crippen molar-refractivity contribution < 1.29 is 45.9 Å². The van der Waals surface area contributed by atoms with Gasteiger partial charge < -0.3 is 29.0 Å². The maximum Gasteiger partial charge on any atom is 0.330 e. The van der Waals surface area contributed by atoms with Crippen molar-refractivity contribution in [3.8, 4) is 5.75 Å². The van der Waals surface area contributed by atoms with E-state index < -0.39 is 34.6 Å². The second-order valence-corrected chi connectivity index (χ2v) is 9.97. The minimum absolute atomic E-state index is 0.0991. The summed E-state index contributed by atoms with van der Waals surface area (Å²) in [5.74, 6) is -0.740. The van der Waals surface area contributed by atoms with E-state index in [1.807, 2.05) is 13.0 Å². The monoisotopic (exact) mass is 594 g/mol. The van der Waals surface area contributed by atoms with Gasteiger partial charge in [0.05, 0.1) is 58.3 Å². The Balaban J connectivity index is 1.59. The fraction of sp³-hybridized carbons (Fsp3) is 0.462. The number of hydrogen-bond donors (Lipinski definition) is 1. The Kier molecular flexibility index (Phi) is 15.2. The van der Waals surface area contributed by atoms with Gasteiger partial charge in [-0.05, 0) is 42.3 Å². The number of amides is 1. The lowest BCUT2D eigenvalue weighted by molar-refractivity contribution is -0.146. The number of methoxy groups -OCH3 is 1. The Hall–Kier alpha value is -3.72. The van der Waals surface area contributed by atoms with Crippen molar-refractivity contribution in [1.82, 2.24) is 5.32 Å². The number of aryl methyl sites for hydroxylation is 1. The van der Waals surface area contributed by atoms with Crippen molar-refractivity contribution in [2.75, 3.05) is 59.9 Å². The van der Waals surface area contributed by atoms with Crippen LogP contribution in [-0.4, -0.2) is 86.2 Å². The Labute approximate surface area is 238 Å². The van der Waals surface area contributed by atoms with Crippen molar-refractivity contribution in [2.24, 2.45) is 5.11 Å². The third kappa shape index (κ3) is 13.5. The molecule has 0 heterocycles. The normalized spacial score (nSPS) is 11.8. The molecule has 0 saturated heterocycles. The Morgan fingerprint density at radius 3 is 2.34 bits per heavy atom. The summed E-state index contributed by atoms with van der Waals surface area (Å²) < 4.78 is 55.9. The summed E-state index contributed by atoms with van der Waals surface area (Å²) in [5, 5.41) is 5.54. The molecule has 0 aromatic heterocycles. The summed E-state index contributed by atoms with van der Waals surface area (Å²) in [4.78, 5) is 26.2. The number of esters is 1. The SMILES string of the molecule is COC(=O)[C@H](COCc1cccc(OCCOCCOCCOS(=O)(=O)c2ccc(C)cc2)c1)NC(=O)CN=[N+]=[N-]. The predicted octanol–water partition coefficient (Wildman–Crippen LogP) is 2.30. The highest BCUT2D eigenvalue weighted by atomic mass is 32.2. The molecule has 0 bridgehead atoms. The van der Waals surface area contributed by atoms with Gasteiger partial charge in [-0.3, -0.25) is 8.98 Å². The highest BCUT2D eigenvalue weighted by molar-refractivity contribution is 7.86. The Morgan fingerprint density at radius 1 is 0.976 bits per heavy atom. The molecule has 2 rings (SSSR count). The van der Waals surface area contributed by atoms with Crippen LogP contribution < -0.4 is 10.1 Å². The molecule has 1 amide bonds. The molecule has 0 spiro atoms. The summed E-state index contributed by atoms with van der Waals surface area (Å²) >= 11 is 0. The van der Waals surface area contributed by atoms with Crippen LogP contribution in [0.5, 0.6) is 5.75 Å². The molecule has 0 fully saturated rings. The minimum atomic E-state index is -3.81. The van der Waals surface area contributed by atoms with Crippen LogP contribution in [0.2, 0.25) is 0 Å². The molecule has 41 heavy (non-hydrogen) atoms. The molecule has 2 aromatic rings. The van der Waals surface area contributed by atoms with Gasteiger partial charge in [0.1, 0.15) is 18.9 Å². The first-order valence-corrected chi connectivity index (χ1v) is 13.9. The number of benzene rings is 2. The van der Waals surface area contributed by atoms with Gasteiger partial charge in [0.2, 0.25) is 5.91 Å². The van der Waals surface area contributed by atoms with Crippen LogP contribution in [0.15, 0.2) is 58.5 Å². The summed E-state index contributed by atoms with van der Waals surface area (Å²) in [6.07, 6.45) is 0. The first kappa shape index (κ1) is 33.5. The van der Waals surface area contributed by atoms with Crippen LogP contribution in [0.1, 0.15) is 11.1 Å². The van der Waals surface area contributed by atoms with Gasteiger partial charge in [-0.25, -0.2) is 4.79 Å². The number of ether oxygens (including phenoxy) is 5. The summed E-state index contributed by atoms with van der Waals surface area (Å²) in [5.41, 5.74) is 10.0. The van der Waals surface area contributed by atoms with Crippen molar-refractivity contribution in [2.45, 2.75) is 24.5 Å². The molecule has 0 radical (unpaired) electrons. The van der Waals surface area contributed by atoms with Gasteiger partial charge in [-0.2, -0.15) is 8.42 Å². The van der Waals surface area contributed by atoms with E-state index >= 15 is 0 Å². The van der Waals surface area contributed by atoms with E-state index in [2.05, 4.69) is 20.1 Å². The molecule has 1 atom stereocenters. The zero-order valence-electron chi connectivity index (χ0n) is 22.9. The van der Waals surface area contributed by atoms with Crippen LogP contribution in [-0.2, 0) is 49.4 Å². The van der Waals surface area contributed by atoms with Crippen LogP contribution in [0.3, 0.4) is 0 Å². The van der Waals surface area contributed by atoms with Gasteiger partial charge in [0, 0.05) is 4.91 Å². The zero-order valence-corrected chi connectivity index (χ0v) is 23.7. The van der Waals surface area contributed by atoms with Gasteiger partial charge in [0.15, 0.2) is 6.04 Å². The molecule has 0 aliphatic rings. The van der Waals surface area contributed by atoms with Crippen LogP contribution in [0.4, 0.5) is 0 Å². The summed E-state index contributed by atoms with van der Waals surface area (Å²) in [6.45, 7) is 2.55. The number of nitrogens with zero attached hydrogens (tertiary/aromatic N) is 3. The molecule has 0 saturated carbocycles. The van der Waals surface area contributed by atoms with Gasteiger partial charge >= 0.3 is 5.97 Å². The number of carbonyl (C=O) groups is 2. The average molecular weight is 595 g/mol. The van der Waals surface area contributed by atoms with E-state index in [1.165, 1.54) is 19.2 Å². The van der Waals surface area contributed by atoms with Crippen molar-refractivity contribution in [3.05, 3.63) is 70.1 Å². The smallest absolute Gasteiger partial charge is 0.330 e. The molecule has 0 unspecified atom stereocenters. The van der Waals surface area contributed by atoms with Crippen molar-refractivity contribution in [3.63, 3.8) is 0 Å². The third-order valence-electron chi connectivity index (χ3n) is 5.19. The fourth-order valence-electron chi connectivity index (χ4n) is 3.18. The molecule has 224 valence electrons. The maximum atomic E-state index is 12.1. The lowest BCUT2D eigenvalue weighted by Crippen LogP contribution is -2.45. The van der Waals surface area contributed by atoms with E-state index in [-0.39, 0.29) is 44.5 Å². The summed E-state index contributed by atoms with van der Waals surface area (Å²) in [6, 6.07) is 12.5. The van der Waals surface area contributed by atoms with Crippen molar-refractivity contribution >= 4 is 22.0 Å². The largest absolute Gasteiger partial charge is 0.491 e. The molecule has 0 aliphatic carbocycles. The zero-order chi connectivity index (χ0) is 29.9. The van der Waals surface area contributed by atoms with Crippen LogP contribution >= 0.6 is 0 Å². The lowest BCUT2D eigenvalue weighted by atomic mass is 10.2. The molecule has 2 aromatic carbocycles. The highest BCUT2D eigenvalue weighted by Crippen LogP contribution is 2.15. The number of nitrogens with one attached hydrogen (secondary N) is 1. The second kappa shape index (κ2) is 18.6. The van der Waals surface area contributed by atoms with Gasteiger partial charge in [0.25, 0.3) is 10.1 Å². The van der Waals surface area contributed by atoms with E-state index in [4.69, 9.17) is 28.7 Å². The Morgan fingerprint density at radius 2 is 1.66 bits per heavy atom. The summed E-state index contributed by atoms with van der Waals surface area (Å²) in [7, 11) is -2.63. The van der Waals surface area contributed by atoms with Gasteiger partial charge in [-0.15, -0.1) is 0 Å². The number of rotatable bonds is 20. The molecular weight excluding hydrogens is 560 g/mol. The molecule has 14 nitrogen and oxygen atoms in total. The van der Waals surface area contributed by atoms with E-state index in [9.17, 15) is 18.0 Å². The topological polar surface area (TPSA) is 184 Å². The van der Waals surface area contributed by atoms with E-state index in [0.717, 1.165) is 11.1 Å². The van der Waals surface area contributed by atoms with E-state index in [0.29, 0.717) is 19.0 Å². The Bertz CT molecular complexity index is 1250. The van der Waals surface area contributed by atoms with E-state index in [1.54, 1.807) is 30.3 Å². The third-order valence-corrected chi connectivity index (χ3v) is 6.52.